The van der Waals surface area contributed by atoms with E-state index in [2.05, 4.69) is 18.8 Å². The quantitative estimate of drug-likeness (QED) is 0.448. The Morgan fingerprint density at radius 3 is 2.71 bits per heavy atom. The van der Waals surface area contributed by atoms with Crippen molar-refractivity contribution >= 4 is 6.08 Å². The molecule has 1 unspecified atom stereocenters. The first-order valence-electron chi connectivity index (χ1n) is 5.47. The van der Waals surface area contributed by atoms with E-state index >= 15 is 0 Å². The van der Waals surface area contributed by atoms with Crippen molar-refractivity contribution in [3.8, 4) is 5.75 Å². The summed E-state index contributed by atoms with van der Waals surface area (Å²) in [4.78, 5) is 13.1. The SMILES string of the molecule is COc1c(CC(C)C)cccc1C(F)N=C=O. The minimum atomic E-state index is -1.71. The van der Waals surface area contributed by atoms with E-state index in [1.165, 1.54) is 13.2 Å². The van der Waals surface area contributed by atoms with Crippen LogP contribution in [0.1, 0.15) is 31.3 Å². The predicted octanol–water partition coefficient (Wildman–Crippen LogP) is 3.20. The van der Waals surface area contributed by atoms with Crippen LogP contribution < -0.4 is 4.74 Å². The lowest BCUT2D eigenvalue weighted by molar-refractivity contribution is 0.331. The second kappa shape index (κ2) is 6.16. The maximum absolute atomic E-state index is 13.6. The van der Waals surface area contributed by atoms with E-state index in [1.54, 1.807) is 12.1 Å². The standard InChI is InChI=1S/C13H16FNO2/c1-9(2)7-10-5-4-6-11(12(10)17-3)13(14)15-8-16/h4-6,9,13H,7H2,1-3H3. The monoisotopic (exact) mass is 237 g/mol. The molecule has 0 aliphatic heterocycles. The molecule has 0 radical (unpaired) electrons. The van der Waals surface area contributed by atoms with E-state index in [1.807, 2.05) is 6.07 Å². The smallest absolute Gasteiger partial charge is 0.238 e. The summed E-state index contributed by atoms with van der Waals surface area (Å²) in [6.07, 6.45) is 0.295. The molecule has 4 heteroatoms. The lowest BCUT2D eigenvalue weighted by Crippen LogP contribution is -2.02. The maximum atomic E-state index is 13.6. The topological polar surface area (TPSA) is 38.7 Å². The highest BCUT2D eigenvalue weighted by molar-refractivity contribution is 5.44. The molecular weight excluding hydrogens is 221 g/mol. The molecule has 1 aromatic rings. The van der Waals surface area contributed by atoms with Crippen LogP contribution in [-0.4, -0.2) is 13.2 Å². The van der Waals surface area contributed by atoms with E-state index in [4.69, 9.17) is 4.74 Å². The van der Waals surface area contributed by atoms with Crippen LogP contribution in [0.5, 0.6) is 5.75 Å². The molecule has 17 heavy (non-hydrogen) atoms. The Bertz CT molecular complexity index is 425. The van der Waals surface area contributed by atoms with Crippen LogP contribution in [0.15, 0.2) is 23.2 Å². The normalized spacial score (nSPS) is 12.1. The average molecular weight is 237 g/mol. The Morgan fingerprint density at radius 1 is 1.47 bits per heavy atom. The zero-order valence-electron chi connectivity index (χ0n) is 10.2. The molecule has 0 amide bonds. The number of carbonyl (C=O) groups excluding carboxylic acids is 1. The Labute approximate surface area is 100 Å². The Morgan fingerprint density at radius 2 is 2.18 bits per heavy atom. The number of hydrogen-bond acceptors (Lipinski definition) is 3. The predicted molar refractivity (Wildman–Crippen MR) is 63.5 cm³/mol. The summed E-state index contributed by atoms with van der Waals surface area (Å²) in [6, 6.07) is 5.19. The zero-order chi connectivity index (χ0) is 12.8. The van der Waals surface area contributed by atoms with Crippen molar-refractivity contribution in [3.63, 3.8) is 0 Å². The van der Waals surface area contributed by atoms with Gasteiger partial charge in [0.2, 0.25) is 12.4 Å². The summed E-state index contributed by atoms with van der Waals surface area (Å²) in [6.45, 7) is 4.14. The summed E-state index contributed by atoms with van der Waals surface area (Å²) >= 11 is 0. The molecule has 0 spiro atoms. The summed E-state index contributed by atoms with van der Waals surface area (Å²) in [5.74, 6) is 0.902. The van der Waals surface area contributed by atoms with Crippen LogP contribution in [0, 0.1) is 5.92 Å². The third-order valence-corrected chi connectivity index (χ3v) is 2.38. The number of rotatable bonds is 5. The Balaban J connectivity index is 3.17. The number of methoxy groups -OCH3 is 1. The highest BCUT2D eigenvalue weighted by Gasteiger charge is 2.17. The molecule has 1 atom stereocenters. The van der Waals surface area contributed by atoms with Gasteiger partial charge in [-0.15, -0.1) is 0 Å². The van der Waals surface area contributed by atoms with Gasteiger partial charge in [-0.3, -0.25) is 0 Å². The van der Waals surface area contributed by atoms with Gasteiger partial charge < -0.3 is 4.74 Å². The number of hydrogen-bond donors (Lipinski definition) is 0. The molecule has 0 aromatic heterocycles. The van der Waals surface area contributed by atoms with Gasteiger partial charge in [0.15, 0.2) is 0 Å². The first-order chi connectivity index (χ1) is 8.10. The number of para-hydroxylation sites is 1. The van der Waals surface area contributed by atoms with Crippen LogP contribution in [0.3, 0.4) is 0 Å². The molecule has 0 N–H and O–H groups in total. The number of nitrogens with zero attached hydrogens (tertiary/aromatic N) is 1. The molecule has 92 valence electrons. The third kappa shape index (κ3) is 3.40. The van der Waals surface area contributed by atoms with E-state index in [9.17, 15) is 9.18 Å². The van der Waals surface area contributed by atoms with Gasteiger partial charge in [0.05, 0.1) is 12.7 Å². The summed E-state index contributed by atoms with van der Waals surface area (Å²) in [5.41, 5.74) is 1.19. The molecule has 0 saturated heterocycles. The molecule has 0 fully saturated rings. The number of aliphatic imine (C=N–C) groups is 1. The van der Waals surface area contributed by atoms with Crippen LogP contribution >= 0.6 is 0 Å². The summed E-state index contributed by atoms with van der Waals surface area (Å²) < 4.78 is 18.8. The van der Waals surface area contributed by atoms with Crippen molar-refractivity contribution in [1.82, 2.24) is 0 Å². The van der Waals surface area contributed by atoms with Crippen molar-refractivity contribution in [2.45, 2.75) is 26.6 Å². The van der Waals surface area contributed by atoms with E-state index in [-0.39, 0.29) is 5.56 Å². The molecule has 0 aliphatic rings. The van der Waals surface area contributed by atoms with E-state index in [0.29, 0.717) is 11.7 Å². The largest absolute Gasteiger partial charge is 0.496 e. The fourth-order valence-electron chi connectivity index (χ4n) is 1.76. The average Bonchev–Trinajstić information content (AvgIpc) is 2.28. The van der Waals surface area contributed by atoms with E-state index < -0.39 is 6.30 Å². The molecule has 0 heterocycles. The Kier molecular flexibility index (Phi) is 4.85. The Hall–Kier alpha value is -1.67. The fourth-order valence-corrected chi connectivity index (χ4v) is 1.76. The second-order valence-corrected chi connectivity index (χ2v) is 4.19. The van der Waals surface area contributed by atoms with Crippen molar-refractivity contribution in [1.29, 1.82) is 0 Å². The van der Waals surface area contributed by atoms with Crippen LogP contribution in [0.4, 0.5) is 4.39 Å². The first-order valence-corrected chi connectivity index (χ1v) is 5.47. The molecule has 1 rings (SSSR count). The zero-order valence-corrected chi connectivity index (χ0v) is 10.2. The first kappa shape index (κ1) is 13.4. The second-order valence-electron chi connectivity index (χ2n) is 4.19. The lowest BCUT2D eigenvalue weighted by Gasteiger charge is -2.15. The van der Waals surface area contributed by atoms with Gasteiger partial charge >= 0.3 is 0 Å². The van der Waals surface area contributed by atoms with Crippen molar-refractivity contribution in [2.75, 3.05) is 7.11 Å². The number of benzene rings is 1. The minimum Gasteiger partial charge on any atom is -0.496 e. The number of halogens is 1. The number of isocyanates is 1. The molecule has 0 aliphatic carbocycles. The van der Waals surface area contributed by atoms with Crippen molar-refractivity contribution < 1.29 is 13.9 Å². The van der Waals surface area contributed by atoms with Crippen molar-refractivity contribution in [3.05, 3.63) is 29.3 Å². The van der Waals surface area contributed by atoms with Gasteiger partial charge in [-0.1, -0.05) is 32.0 Å². The highest BCUT2D eigenvalue weighted by atomic mass is 19.1. The molecular formula is C13H16FNO2. The van der Waals surface area contributed by atoms with Gasteiger partial charge in [0, 0.05) is 0 Å². The number of alkyl halides is 1. The summed E-state index contributed by atoms with van der Waals surface area (Å²) in [7, 11) is 1.49. The highest BCUT2D eigenvalue weighted by Crippen LogP contribution is 2.32. The van der Waals surface area contributed by atoms with Crippen molar-refractivity contribution in [2.24, 2.45) is 10.9 Å². The van der Waals surface area contributed by atoms with Gasteiger partial charge in [-0.25, -0.2) is 9.18 Å². The minimum absolute atomic E-state index is 0.272. The maximum Gasteiger partial charge on any atom is 0.238 e. The van der Waals surface area contributed by atoms with Gasteiger partial charge in [-0.2, -0.15) is 4.99 Å². The van der Waals surface area contributed by atoms with Crippen LogP contribution in [0.25, 0.3) is 0 Å². The molecule has 1 aromatic carbocycles. The fraction of sp³-hybridized carbons (Fsp3) is 0.462. The summed E-state index contributed by atoms with van der Waals surface area (Å²) in [5, 5.41) is 0. The van der Waals surface area contributed by atoms with Gasteiger partial charge in [0.1, 0.15) is 5.75 Å². The van der Waals surface area contributed by atoms with E-state index in [0.717, 1.165) is 12.0 Å². The van der Waals surface area contributed by atoms with Gasteiger partial charge in [-0.05, 0) is 17.9 Å². The van der Waals surface area contributed by atoms with Gasteiger partial charge in [0.25, 0.3) is 0 Å². The lowest BCUT2D eigenvalue weighted by atomic mass is 9.99. The molecule has 3 nitrogen and oxygen atoms in total. The third-order valence-electron chi connectivity index (χ3n) is 2.38. The van der Waals surface area contributed by atoms with Crippen LogP contribution in [0.2, 0.25) is 0 Å². The molecule has 0 saturated carbocycles. The molecule has 0 bridgehead atoms. The number of ether oxygens (including phenoxy) is 1. The van der Waals surface area contributed by atoms with Crippen LogP contribution in [-0.2, 0) is 11.2 Å².